The van der Waals surface area contributed by atoms with Crippen molar-refractivity contribution in [1.29, 1.82) is 0 Å². The molecule has 0 spiro atoms. The molecule has 1 amide bonds. The van der Waals surface area contributed by atoms with Gasteiger partial charge in [-0.2, -0.15) is 0 Å². The zero-order valence-electron chi connectivity index (χ0n) is 14.8. The molecule has 3 aliphatic carbocycles. The van der Waals surface area contributed by atoms with Crippen LogP contribution in [0.2, 0.25) is 0 Å². The molecular weight excluding hydrogens is 318 g/mol. The number of rotatable bonds is 6. The van der Waals surface area contributed by atoms with E-state index in [1.165, 1.54) is 26.4 Å². The number of methoxy groups -OCH3 is 1. The van der Waals surface area contributed by atoms with E-state index in [9.17, 15) is 9.59 Å². The first-order valence-corrected chi connectivity index (χ1v) is 9.15. The summed E-state index contributed by atoms with van der Waals surface area (Å²) in [5, 5.41) is 2.73. The third-order valence-electron chi connectivity index (χ3n) is 5.88. The molecule has 3 saturated carbocycles. The first-order chi connectivity index (χ1) is 12.1. The van der Waals surface area contributed by atoms with Crippen LogP contribution in [-0.2, 0) is 20.9 Å². The van der Waals surface area contributed by atoms with Crippen molar-refractivity contribution in [3.63, 3.8) is 0 Å². The van der Waals surface area contributed by atoms with Gasteiger partial charge in [0.15, 0.2) is 0 Å². The van der Waals surface area contributed by atoms with E-state index in [0.717, 1.165) is 30.7 Å². The molecule has 0 aliphatic heterocycles. The molecule has 5 nitrogen and oxygen atoms in total. The number of hydrogen-bond donors (Lipinski definition) is 1. The number of ether oxygens (including phenoxy) is 2. The number of hydrogen-bond acceptors (Lipinski definition) is 4. The molecular formula is C20H27NO4. The Kier molecular flexibility index (Phi) is 5.61. The lowest BCUT2D eigenvalue weighted by Gasteiger charge is -2.47. The second-order valence-electron chi connectivity index (χ2n) is 7.47. The zero-order chi connectivity index (χ0) is 17.7. The van der Waals surface area contributed by atoms with Crippen LogP contribution in [0.3, 0.4) is 0 Å². The summed E-state index contributed by atoms with van der Waals surface area (Å²) in [6, 6.07) is 8.85. The number of nitrogens with one attached hydrogen (secondary N) is 1. The van der Waals surface area contributed by atoms with Gasteiger partial charge in [0.1, 0.15) is 12.6 Å². The normalized spacial score (nSPS) is 25.9. The molecule has 1 aromatic carbocycles. The van der Waals surface area contributed by atoms with Crippen LogP contribution in [0.4, 0.5) is 4.79 Å². The fourth-order valence-electron chi connectivity index (χ4n) is 4.32. The van der Waals surface area contributed by atoms with Gasteiger partial charge in [0.05, 0.1) is 7.11 Å². The predicted octanol–water partition coefficient (Wildman–Crippen LogP) is 3.81. The lowest BCUT2D eigenvalue weighted by Crippen LogP contribution is -2.47. The lowest BCUT2D eigenvalue weighted by atomic mass is 9.58. The van der Waals surface area contributed by atoms with Crippen LogP contribution >= 0.6 is 0 Å². The van der Waals surface area contributed by atoms with Crippen LogP contribution < -0.4 is 5.32 Å². The van der Waals surface area contributed by atoms with Crippen molar-refractivity contribution in [2.24, 2.45) is 11.3 Å². The minimum atomic E-state index is -0.636. The van der Waals surface area contributed by atoms with Crippen LogP contribution in [0, 0.1) is 11.3 Å². The lowest BCUT2D eigenvalue weighted by molar-refractivity contribution is -0.144. The van der Waals surface area contributed by atoms with Crippen molar-refractivity contribution in [2.75, 3.05) is 7.11 Å². The van der Waals surface area contributed by atoms with Gasteiger partial charge in [-0.25, -0.2) is 9.59 Å². The summed E-state index contributed by atoms with van der Waals surface area (Å²) in [5.41, 5.74) is 1.08. The van der Waals surface area contributed by atoms with E-state index in [1.54, 1.807) is 0 Å². The number of carbonyl (C=O) groups is 2. The largest absolute Gasteiger partial charge is 0.467 e. The van der Waals surface area contributed by atoms with Crippen molar-refractivity contribution < 1.29 is 19.1 Å². The number of esters is 1. The van der Waals surface area contributed by atoms with Crippen LogP contribution in [0.1, 0.15) is 50.5 Å². The van der Waals surface area contributed by atoms with Crippen molar-refractivity contribution in [3.8, 4) is 0 Å². The van der Waals surface area contributed by atoms with Gasteiger partial charge in [-0.1, -0.05) is 30.3 Å². The molecule has 5 heteroatoms. The summed E-state index contributed by atoms with van der Waals surface area (Å²) >= 11 is 0. The Bertz CT molecular complexity index is 579. The summed E-state index contributed by atoms with van der Waals surface area (Å²) in [6.45, 7) is 0.188. The SMILES string of the molecule is COC(=O)C(CC12CCC(CC1)CC2)NC(=O)OCc1ccccc1. The highest BCUT2D eigenvalue weighted by molar-refractivity contribution is 5.81. The van der Waals surface area contributed by atoms with E-state index in [0.29, 0.717) is 6.42 Å². The molecule has 1 unspecified atom stereocenters. The standard InChI is InChI=1S/C20H27NO4/c1-24-18(22)17(13-20-10-7-15(8-11-20)9-12-20)21-19(23)25-14-16-5-3-2-4-6-16/h2-6,15,17H,7-14H2,1H3,(H,21,23). The van der Waals surface area contributed by atoms with E-state index in [-0.39, 0.29) is 12.0 Å². The molecule has 3 aliphatic rings. The Balaban J connectivity index is 1.57. The maximum absolute atomic E-state index is 12.2. The molecule has 1 atom stereocenters. The van der Waals surface area contributed by atoms with Crippen molar-refractivity contribution in [1.82, 2.24) is 5.32 Å². The van der Waals surface area contributed by atoms with Gasteiger partial charge >= 0.3 is 12.1 Å². The minimum absolute atomic E-state index is 0.167. The Morgan fingerprint density at radius 2 is 1.80 bits per heavy atom. The van der Waals surface area contributed by atoms with Crippen LogP contribution in [0.15, 0.2) is 30.3 Å². The van der Waals surface area contributed by atoms with E-state index in [4.69, 9.17) is 9.47 Å². The van der Waals surface area contributed by atoms with E-state index >= 15 is 0 Å². The van der Waals surface area contributed by atoms with Crippen molar-refractivity contribution in [2.45, 2.75) is 57.6 Å². The number of alkyl carbamates (subject to hydrolysis) is 1. The third-order valence-corrected chi connectivity index (χ3v) is 5.88. The van der Waals surface area contributed by atoms with E-state index in [1.807, 2.05) is 30.3 Å². The zero-order valence-corrected chi connectivity index (χ0v) is 14.8. The average Bonchev–Trinajstić information content (AvgIpc) is 2.67. The van der Waals surface area contributed by atoms with Crippen molar-refractivity contribution in [3.05, 3.63) is 35.9 Å². The molecule has 2 bridgehead atoms. The van der Waals surface area contributed by atoms with Gasteiger partial charge in [0.2, 0.25) is 0 Å². The molecule has 0 radical (unpaired) electrons. The summed E-state index contributed by atoms with van der Waals surface area (Å²) < 4.78 is 10.2. The van der Waals surface area contributed by atoms with Crippen LogP contribution in [0.5, 0.6) is 0 Å². The molecule has 3 fully saturated rings. The van der Waals surface area contributed by atoms with E-state index < -0.39 is 18.1 Å². The summed E-state index contributed by atoms with van der Waals surface area (Å²) in [4.78, 5) is 24.3. The van der Waals surface area contributed by atoms with Gasteiger partial charge < -0.3 is 14.8 Å². The fourth-order valence-corrected chi connectivity index (χ4v) is 4.32. The Hall–Kier alpha value is -2.04. The second-order valence-corrected chi connectivity index (χ2v) is 7.47. The average molecular weight is 345 g/mol. The summed E-state index contributed by atoms with van der Waals surface area (Å²) in [5.74, 6) is 0.473. The third kappa shape index (κ3) is 4.53. The highest BCUT2D eigenvalue weighted by atomic mass is 16.6. The van der Waals surface area contributed by atoms with Gasteiger partial charge in [0.25, 0.3) is 0 Å². The Morgan fingerprint density at radius 1 is 1.16 bits per heavy atom. The molecule has 1 aromatic rings. The monoisotopic (exact) mass is 345 g/mol. The summed E-state index contributed by atoms with van der Waals surface area (Å²) in [7, 11) is 1.36. The van der Waals surface area contributed by atoms with Crippen molar-refractivity contribution >= 4 is 12.1 Å². The van der Waals surface area contributed by atoms with Crippen LogP contribution in [0.25, 0.3) is 0 Å². The molecule has 0 heterocycles. The molecule has 25 heavy (non-hydrogen) atoms. The fraction of sp³-hybridized carbons (Fsp3) is 0.600. The van der Waals surface area contributed by atoms with Gasteiger partial charge in [-0.05, 0) is 61.8 Å². The topological polar surface area (TPSA) is 64.6 Å². The maximum Gasteiger partial charge on any atom is 0.408 e. The molecule has 0 aromatic heterocycles. The number of fused-ring (bicyclic) bond motifs is 3. The number of carbonyl (C=O) groups excluding carboxylic acids is 2. The maximum atomic E-state index is 12.2. The number of amides is 1. The Labute approximate surface area is 149 Å². The van der Waals surface area contributed by atoms with Crippen LogP contribution in [-0.4, -0.2) is 25.2 Å². The smallest absolute Gasteiger partial charge is 0.408 e. The molecule has 1 N–H and O–H groups in total. The number of benzene rings is 1. The quantitative estimate of drug-likeness (QED) is 0.796. The van der Waals surface area contributed by atoms with Gasteiger partial charge in [0, 0.05) is 0 Å². The highest BCUT2D eigenvalue weighted by Gasteiger charge is 2.43. The predicted molar refractivity (Wildman–Crippen MR) is 93.8 cm³/mol. The van der Waals surface area contributed by atoms with Gasteiger partial charge in [-0.15, -0.1) is 0 Å². The first-order valence-electron chi connectivity index (χ1n) is 9.15. The highest BCUT2D eigenvalue weighted by Crippen LogP contribution is 2.52. The molecule has 136 valence electrons. The minimum Gasteiger partial charge on any atom is -0.467 e. The molecule has 0 saturated heterocycles. The van der Waals surface area contributed by atoms with Gasteiger partial charge in [-0.3, -0.25) is 0 Å². The first kappa shape index (κ1) is 17.8. The summed E-state index contributed by atoms with van der Waals surface area (Å²) in [6.07, 6.45) is 7.24. The van der Waals surface area contributed by atoms with E-state index in [2.05, 4.69) is 5.32 Å². The second kappa shape index (κ2) is 7.89. The Morgan fingerprint density at radius 3 is 2.40 bits per heavy atom. The molecule has 4 rings (SSSR count).